The molecule has 386 valence electrons. The van der Waals surface area contributed by atoms with E-state index in [1.807, 2.05) is 59.7 Å². The fraction of sp³-hybridized carbons (Fsp3) is 0.673. The molecular weight excluding hydrogens is 923 g/mol. The first-order valence-electron chi connectivity index (χ1n) is 24.0. The second-order valence-electron chi connectivity index (χ2n) is 18.8. The summed E-state index contributed by atoms with van der Waals surface area (Å²) < 4.78 is 17.1. The van der Waals surface area contributed by atoms with Crippen molar-refractivity contribution in [2.24, 2.45) is 17.8 Å². The number of H-pyrrole nitrogens is 1. The fourth-order valence-corrected chi connectivity index (χ4v) is 10.4. The summed E-state index contributed by atoms with van der Waals surface area (Å²) in [7, 11) is 9.04. The number of benzene rings is 1. The zero-order chi connectivity index (χ0) is 51.6. The van der Waals surface area contributed by atoms with E-state index >= 15 is 0 Å². The van der Waals surface area contributed by atoms with Crippen LogP contribution in [0.5, 0.6) is 0 Å². The number of carbonyl (C=O) groups excluding carboxylic acids is 5. The van der Waals surface area contributed by atoms with E-state index in [1.165, 1.54) is 65.4 Å². The molecule has 0 bridgehead atoms. The summed E-state index contributed by atoms with van der Waals surface area (Å²) in [4.78, 5) is 88.9. The molecule has 1 saturated heterocycles. The number of likely N-dealkylation sites (N-methyl/N-ethyl adjacent to an activating group) is 2. The number of aromatic amines is 1. The maximum absolute atomic E-state index is 14.2. The van der Waals surface area contributed by atoms with Crippen molar-refractivity contribution in [1.82, 2.24) is 45.3 Å². The molecule has 4 N–H and O–H groups in total. The molecule has 0 saturated carbocycles. The summed E-state index contributed by atoms with van der Waals surface area (Å²) in [6, 6.07) is 6.70. The molecule has 69 heavy (non-hydrogen) atoms. The predicted molar refractivity (Wildman–Crippen MR) is 271 cm³/mol. The Kier molecular flexibility index (Phi) is 24.2. The van der Waals surface area contributed by atoms with Crippen LogP contribution in [0.4, 0.5) is 4.79 Å². The van der Waals surface area contributed by atoms with Gasteiger partial charge in [-0.1, -0.05) is 102 Å². The predicted octanol–water partition coefficient (Wildman–Crippen LogP) is 6.66. The van der Waals surface area contributed by atoms with Crippen molar-refractivity contribution in [1.29, 1.82) is 0 Å². The Balaban J connectivity index is 0.00000409. The summed E-state index contributed by atoms with van der Waals surface area (Å²) in [6.07, 6.45) is 3.43. The van der Waals surface area contributed by atoms with Crippen LogP contribution in [0.1, 0.15) is 113 Å². The number of nitrogens with zero attached hydrogens (tertiary/aromatic N) is 6. The van der Waals surface area contributed by atoms with Crippen molar-refractivity contribution in [2.75, 3.05) is 48.0 Å². The van der Waals surface area contributed by atoms with Crippen LogP contribution in [0.3, 0.4) is 0 Å². The second kappa shape index (κ2) is 28.4. The Hall–Kier alpha value is -4.50. The average Bonchev–Trinajstić information content (AvgIpc) is 3.99. The minimum absolute atomic E-state index is 0.0330. The van der Waals surface area contributed by atoms with Gasteiger partial charge in [-0.15, -0.1) is 0 Å². The van der Waals surface area contributed by atoms with E-state index < -0.39 is 65.0 Å². The lowest BCUT2D eigenvalue weighted by molar-refractivity contribution is -0.146. The number of ether oxygens (including phenoxy) is 3. The Labute approximate surface area is 417 Å². The van der Waals surface area contributed by atoms with E-state index in [1.54, 1.807) is 44.1 Å². The van der Waals surface area contributed by atoms with E-state index in [-0.39, 0.29) is 49.3 Å². The van der Waals surface area contributed by atoms with Crippen molar-refractivity contribution >= 4 is 62.5 Å². The smallest absolute Gasteiger partial charge is 0.410 e. The molecule has 1 aliphatic rings. The molecule has 3 heterocycles. The van der Waals surface area contributed by atoms with Gasteiger partial charge in [-0.05, 0) is 61.8 Å². The van der Waals surface area contributed by atoms with Crippen LogP contribution in [-0.4, -0.2) is 159 Å². The van der Waals surface area contributed by atoms with Gasteiger partial charge >= 0.3 is 6.09 Å². The maximum Gasteiger partial charge on any atom is 0.410 e. The number of aliphatic hydroxyl groups excluding tert-OH is 1. The van der Waals surface area contributed by atoms with E-state index in [9.17, 15) is 29.1 Å². The maximum atomic E-state index is 14.2. The molecule has 3 aromatic rings. The largest absolute Gasteiger partial charge is 0.448 e. The van der Waals surface area contributed by atoms with Crippen LogP contribution in [0.15, 0.2) is 48.0 Å². The minimum Gasteiger partial charge on any atom is -0.448 e. The molecule has 5 amide bonds. The summed E-state index contributed by atoms with van der Waals surface area (Å²) in [5.41, 5.74) is 1.96. The van der Waals surface area contributed by atoms with Crippen molar-refractivity contribution in [2.45, 2.75) is 154 Å². The Bertz CT molecular complexity index is 2050. The standard InChI is InChI=1S/C46H71N9O9S2.C3H8/c1-13-28(4)38(34(62-11)22-35(56)55-21-17-20-33(55)40(63-12)29(5)42(59)50-30(6)39(58)31-18-15-14-16-19-31)53(9)36(57)24-48-43(60)37(27(2)3)54(10)45(61)64-25-46(7,8)66-65-44-51-32-23-47-26-49-41(32)52-44;1-3-2/h14-16,18-19,23,26-30,33-34,37-40,58H,13,17,20-22,24-25H2,1-12H3,(H,48,60)(H,50,59)(H,47,49,51,52);3H2,1-2H3. The highest BCUT2D eigenvalue weighted by atomic mass is 33.1. The first kappa shape index (κ1) is 58.8. The van der Waals surface area contributed by atoms with Crippen LogP contribution in [0.25, 0.3) is 11.2 Å². The van der Waals surface area contributed by atoms with E-state index in [0.717, 1.165) is 6.42 Å². The van der Waals surface area contributed by atoms with Crippen LogP contribution in [0, 0.1) is 17.8 Å². The van der Waals surface area contributed by atoms with Gasteiger partial charge in [0.1, 0.15) is 24.5 Å². The van der Waals surface area contributed by atoms with Gasteiger partial charge in [0.25, 0.3) is 0 Å². The molecule has 9 atom stereocenters. The molecule has 1 fully saturated rings. The van der Waals surface area contributed by atoms with E-state index in [4.69, 9.17) is 14.2 Å². The summed E-state index contributed by atoms with van der Waals surface area (Å²) in [5.74, 6) is -2.45. The topological polar surface area (TPSA) is 222 Å². The van der Waals surface area contributed by atoms with Crippen molar-refractivity contribution in [3.63, 3.8) is 0 Å². The fourth-order valence-electron chi connectivity index (χ4n) is 8.42. The van der Waals surface area contributed by atoms with Gasteiger partial charge in [0, 0.05) is 34.9 Å². The Morgan fingerprint density at radius 3 is 2.25 bits per heavy atom. The molecule has 0 aliphatic carbocycles. The van der Waals surface area contributed by atoms with E-state index in [2.05, 4.69) is 44.4 Å². The molecule has 0 spiro atoms. The zero-order valence-corrected chi connectivity index (χ0v) is 44.8. The Morgan fingerprint density at radius 2 is 1.65 bits per heavy atom. The first-order valence-corrected chi connectivity index (χ1v) is 26.1. The molecular formula is C49H79N9O9S2. The molecule has 18 nitrogen and oxygen atoms in total. The van der Waals surface area contributed by atoms with Crippen molar-refractivity contribution < 1.29 is 43.3 Å². The molecule has 20 heteroatoms. The van der Waals surface area contributed by atoms with Crippen LogP contribution in [-0.2, 0) is 33.4 Å². The molecule has 2 aromatic heterocycles. The van der Waals surface area contributed by atoms with Gasteiger partial charge in [-0.25, -0.2) is 19.7 Å². The molecule has 1 aromatic carbocycles. The second-order valence-corrected chi connectivity index (χ2v) is 21.6. The number of aromatic nitrogens is 4. The normalized spacial score (nSPS) is 17.3. The minimum atomic E-state index is -0.936. The number of methoxy groups -OCH3 is 2. The number of carbonyl (C=O) groups is 5. The molecule has 0 radical (unpaired) electrons. The first-order chi connectivity index (χ1) is 32.7. The number of hydrogen-bond donors (Lipinski definition) is 4. The number of likely N-dealkylation sites (tertiary alicyclic amines) is 1. The lowest BCUT2D eigenvalue weighted by Gasteiger charge is -2.39. The summed E-state index contributed by atoms with van der Waals surface area (Å²) in [6.45, 7) is 19.4. The third-order valence-electron chi connectivity index (χ3n) is 12.3. The van der Waals surface area contributed by atoms with Crippen LogP contribution < -0.4 is 10.6 Å². The third-order valence-corrected chi connectivity index (χ3v) is 15.4. The number of hydrogen-bond acceptors (Lipinski definition) is 14. The van der Waals surface area contributed by atoms with Crippen LogP contribution in [0.2, 0.25) is 0 Å². The lowest BCUT2D eigenvalue weighted by Crippen LogP contribution is -2.56. The lowest BCUT2D eigenvalue weighted by atomic mass is 9.90. The third kappa shape index (κ3) is 16.8. The number of aliphatic hydroxyl groups is 1. The highest BCUT2D eigenvalue weighted by molar-refractivity contribution is 8.77. The molecule has 1 aliphatic heterocycles. The number of amides is 5. The van der Waals surface area contributed by atoms with Gasteiger partial charge in [0.05, 0.1) is 66.3 Å². The number of fused-ring (bicyclic) bond motifs is 1. The number of nitrogens with one attached hydrogen (secondary N) is 3. The SMILES string of the molecule is CCC.CCC(C)C(C(CC(=O)N1CCCC1C(OC)C(C)C(=O)NC(C)C(O)c1ccccc1)OC)N(C)C(=O)CNC(=O)C(C(C)C)N(C)C(=O)OCC(C)(C)SSc1nc2ncncc2[nH]1. The van der Waals surface area contributed by atoms with Gasteiger partial charge in [0.15, 0.2) is 10.8 Å². The zero-order valence-electron chi connectivity index (χ0n) is 43.2. The number of rotatable bonds is 24. The summed E-state index contributed by atoms with van der Waals surface area (Å²) >= 11 is 0. The van der Waals surface area contributed by atoms with Crippen LogP contribution >= 0.6 is 21.6 Å². The Morgan fingerprint density at radius 1 is 0.986 bits per heavy atom. The monoisotopic (exact) mass is 1000 g/mol. The van der Waals surface area contributed by atoms with Crippen molar-refractivity contribution in [3.05, 3.63) is 48.4 Å². The molecule has 9 unspecified atom stereocenters. The van der Waals surface area contributed by atoms with E-state index in [0.29, 0.717) is 41.3 Å². The van der Waals surface area contributed by atoms with Gasteiger partial charge in [0.2, 0.25) is 23.6 Å². The summed E-state index contributed by atoms with van der Waals surface area (Å²) in [5, 5.41) is 17.2. The van der Waals surface area contributed by atoms with Gasteiger partial charge in [-0.3, -0.25) is 24.1 Å². The average molecular weight is 1000 g/mol. The van der Waals surface area contributed by atoms with Gasteiger partial charge in [-0.2, -0.15) is 0 Å². The quantitative estimate of drug-likeness (QED) is 0.0690. The highest BCUT2D eigenvalue weighted by Gasteiger charge is 2.42. The van der Waals surface area contributed by atoms with Gasteiger partial charge < -0.3 is 44.7 Å². The van der Waals surface area contributed by atoms with Crippen molar-refractivity contribution in [3.8, 4) is 0 Å². The molecule has 4 rings (SSSR count). The highest BCUT2D eigenvalue weighted by Crippen LogP contribution is 2.40. The number of imidazole rings is 1.